The average Bonchev–Trinajstić information content (AvgIpc) is 2.87. The molecule has 0 amide bonds. The van der Waals surface area contributed by atoms with Gasteiger partial charge in [0.15, 0.2) is 5.65 Å². The maximum absolute atomic E-state index is 9.01. The zero-order chi connectivity index (χ0) is 14.8. The molecule has 7 heteroatoms. The van der Waals surface area contributed by atoms with Crippen LogP contribution in [0.1, 0.15) is 0 Å². The molecular weight excluding hydrogens is 286 g/mol. The fraction of sp³-hybridized carbons (Fsp3) is 0.143. The number of nitrogens with one attached hydrogen (secondary N) is 1. The number of halogens is 1. The van der Waals surface area contributed by atoms with E-state index in [-0.39, 0.29) is 6.61 Å². The minimum Gasteiger partial charge on any atom is -0.395 e. The standard InChI is InChI=1S/C14H14BClN4O/c15-10-8-18-20-13(17-5-6-21)7-12(19-14(10)20)9-3-1-2-4-11(9)16/h1-4,7-8,17,21H,5-6,15H2. The van der Waals surface area contributed by atoms with Crippen molar-refractivity contribution >= 4 is 36.4 Å². The Morgan fingerprint density at radius 3 is 2.90 bits per heavy atom. The topological polar surface area (TPSA) is 62.5 Å². The van der Waals surface area contributed by atoms with Crippen molar-refractivity contribution < 1.29 is 5.11 Å². The van der Waals surface area contributed by atoms with E-state index in [1.54, 1.807) is 10.7 Å². The predicted octanol–water partition coefficient (Wildman–Crippen LogP) is 0.712. The molecule has 0 atom stereocenters. The zero-order valence-electron chi connectivity index (χ0n) is 11.5. The summed E-state index contributed by atoms with van der Waals surface area (Å²) in [6.07, 6.45) is 1.77. The molecule has 0 spiro atoms. The summed E-state index contributed by atoms with van der Waals surface area (Å²) in [6, 6.07) is 9.47. The Hall–Kier alpha value is -2.05. The number of hydrogen-bond acceptors (Lipinski definition) is 4. The fourth-order valence-electron chi connectivity index (χ4n) is 2.19. The van der Waals surface area contributed by atoms with E-state index in [0.29, 0.717) is 11.6 Å². The zero-order valence-corrected chi connectivity index (χ0v) is 12.3. The van der Waals surface area contributed by atoms with E-state index < -0.39 is 0 Å². The Balaban J connectivity index is 2.19. The van der Waals surface area contributed by atoms with Gasteiger partial charge in [0.2, 0.25) is 0 Å². The van der Waals surface area contributed by atoms with Gasteiger partial charge in [-0.15, -0.1) is 0 Å². The Bertz CT molecular complexity index is 790. The van der Waals surface area contributed by atoms with E-state index in [0.717, 1.165) is 28.2 Å². The summed E-state index contributed by atoms with van der Waals surface area (Å²) < 4.78 is 1.73. The van der Waals surface area contributed by atoms with Gasteiger partial charge in [0.1, 0.15) is 13.7 Å². The van der Waals surface area contributed by atoms with Gasteiger partial charge in [-0.1, -0.05) is 29.8 Å². The summed E-state index contributed by atoms with van der Waals surface area (Å²) in [5.41, 5.74) is 3.40. The minimum atomic E-state index is 0.0471. The van der Waals surface area contributed by atoms with Gasteiger partial charge in [-0.25, -0.2) is 4.98 Å². The highest BCUT2D eigenvalue weighted by atomic mass is 35.5. The lowest BCUT2D eigenvalue weighted by Gasteiger charge is -2.11. The molecule has 0 aliphatic heterocycles. The van der Waals surface area contributed by atoms with Crippen LogP contribution in [-0.2, 0) is 0 Å². The van der Waals surface area contributed by atoms with E-state index in [4.69, 9.17) is 16.7 Å². The van der Waals surface area contributed by atoms with E-state index in [1.807, 2.05) is 38.2 Å². The number of nitrogens with zero attached hydrogens (tertiary/aromatic N) is 3. The molecule has 0 aliphatic carbocycles. The number of rotatable bonds is 4. The molecule has 0 bridgehead atoms. The first-order valence-corrected chi connectivity index (χ1v) is 7.03. The van der Waals surface area contributed by atoms with Gasteiger partial charge >= 0.3 is 0 Å². The average molecular weight is 301 g/mol. The Morgan fingerprint density at radius 1 is 1.33 bits per heavy atom. The molecule has 21 heavy (non-hydrogen) atoms. The molecule has 3 aromatic rings. The number of aliphatic hydroxyl groups excluding tert-OH is 1. The van der Waals surface area contributed by atoms with Crippen molar-refractivity contribution in [3.8, 4) is 11.3 Å². The van der Waals surface area contributed by atoms with Crippen molar-refractivity contribution in [2.45, 2.75) is 0 Å². The molecule has 0 aliphatic rings. The number of hydrogen-bond donors (Lipinski definition) is 2. The lowest BCUT2D eigenvalue weighted by Crippen LogP contribution is -2.12. The second-order valence-electron chi connectivity index (χ2n) is 4.72. The first-order valence-electron chi connectivity index (χ1n) is 6.65. The molecular formula is C14H14BClN4O. The lowest BCUT2D eigenvalue weighted by atomic mass is 10.0. The van der Waals surface area contributed by atoms with E-state index >= 15 is 0 Å². The van der Waals surface area contributed by atoms with Gasteiger partial charge < -0.3 is 10.4 Å². The molecule has 0 fully saturated rings. The maximum Gasteiger partial charge on any atom is 0.151 e. The summed E-state index contributed by atoms with van der Waals surface area (Å²) in [4.78, 5) is 4.65. The van der Waals surface area contributed by atoms with E-state index in [9.17, 15) is 0 Å². The van der Waals surface area contributed by atoms with Gasteiger partial charge in [-0.05, 0) is 11.5 Å². The molecule has 5 nitrogen and oxygen atoms in total. The van der Waals surface area contributed by atoms with Crippen LogP contribution in [-0.4, -0.2) is 40.7 Å². The molecule has 0 radical (unpaired) electrons. The van der Waals surface area contributed by atoms with Crippen LogP contribution < -0.4 is 10.8 Å². The van der Waals surface area contributed by atoms with Crippen LogP contribution in [0.25, 0.3) is 16.9 Å². The summed E-state index contributed by atoms with van der Waals surface area (Å²) >= 11 is 6.26. The van der Waals surface area contributed by atoms with Crippen LogP contribution in [0, 0.1) is 0 Å². The smallest absolute Gasteiger partial charge is 0.151 e. The lowest BCUT2D eigenvalue weighted by molar-refractivity contribution is 0.311. The third-order valence-electron chi connectivity index (χ3n) is 3.22. The van der Waals surface area contributed by atoms with E-state index in [2.05, 4.69) is 15.4 Å². The number of fused-ring (bicyclic) bond motifs is 1. The highest BCUT2D eigenvalue weighted by Gasteiger charge is 2.12. The number of benzene rings is 1. The third kappa shape index (κ3) is 2.60. The van der Waals surface area contributed by atoms with Gasteiger partial charge in [-0.3, -0.25) is 0 Å². The molecule has 3 rings (SSSR count). The second kappa shape index (κ2) is 5.75. The predicted molar refractivity (Wildman–Crippen MR) is 87.2 cm³/mol. The van der Waals surface area contributed by atoms with Gasteiger partial charge in [0.25, 0.3) is 0 Å². The molecule has 2 aromatic heterocycles. The Morgan fingerprint density at radius 2 is 2.14 bits per heavy atom. The quantitative estimate of drug-likeness (QED) is 0.697. The van der Waals surface area contributed by atoms with Crippen LogP contribution in [0.5, 0.6) is 0 Å². The highest BCUT2D eigenvalue weighted by molar-refractivity contribution is 6.36. The van der Waals surface area contributed by atoms with Crippen LogP contribution in [0.3, 0.4) is 0 Å². The number of anilines is 1. The van der Waals surface area contributed by atoms with Crippen molar-refractivity contribution in [1.82, 2.24) is 14.6 Å². The van der Waals surface area contributed by atoms with Crippen LogP contribution in [0.4, 0.5) is 5.82 Å². The van der Waals surface area contributed by atoms with Crippen molar-refractivity contribution in [2.24, 2.45) is 0 Å². The van der Waals surface area contributed by atoms with Gasteiger partial charge in [-0.2, -0.15) is 9.61 Å². The monoisotopic (exact) mass is 300 g/mol. The fourth-order valence-corrected chi connectivity index (χ4v) is 2.42. The summed E-state index contributed by atoms with van der Waals surface area (Å²) in [5, 5.41) is 17.1. The Labute approximate surface area is 128 Å². The van der Waals surface area contributed by atoms with Crippen LogP contribution >= 0.6 is 11.6 Å². The maximum atomic E-state index is 9.01. The molecule has 0 saturated heterocycles. The second-order valence-corrected chi connectivity index (χ2v) is 5.13. The highest BCUT2D eigenvalue weighted by Crippen LogP contribution is 2.28. The molecule has 106 valence electrons. The van der Waals surface area contributed by atoms with Gasteiger partial charge in [0.05, 0.1) is 12.3 Å². The Kier molecular flexibility index (Phi) is 3.81. The number of aliphatic hydroxyl groups is 1. The normalized spacial score (nSPS) is 11.0. The van der Waals surface area contributed by atoms with Crippen molar-refractivity contribution in [3.05, 3.63) is 41.6 Å². The molecule has 1 aromatic carbocycles. The van der Waals surface area contributed by atoms with E-state index in [1.165, 1.54) is 0 Å². The van der Waals surface area contributed by atoms with Gasteiger partial charge in [0, 0.05) is 29.4 Å². The summed E-state index contributed by atoms with van der Waals surface area (Å²) in [6.45, 7) is 0.492. The third-order valence-corrected chi connectivity index (χ3v) is 3.55. The number of aromatic nitrogens is 3. The molecule has 0 saturated carbocycles. The largest absolute Gasteiger partial charge is 0.395 e. The van der Waals surface area contributed by atoms with Crippen LogP contribution in [0.2, 0.25) is 5.02 Å². The van der Waals surface area contributed by atoms with Crippen LogP contribution in [0.15, 0.2) is 36.5 Å². The SMILES string of the molecule is Bc1cnn2c(NCCO)cc(-c3ccccc3Cl)nc12. The summed E-state index contributed by atoms with van der Waals surface area (Å²) in [7, 11) is 1.96. The summed E-state index contributed by atoms with van der Waals surface area (Å²) in [5.74, 6) is 0.775. The molecule has 2 N–H and O–H groups in total. The molecule has 2 heterocycles. The minimum absolute atomic E-state index is 0.0471. The first-order chi connectivity index (χ1) is 10.2. The first kappa shape index (κ1) is 13.9. The molecule has 0 unspecified atom stereocenters. The van der Waals surface area contributed by atoms with Crippen molar-refractivity contribution in [3.63, 3.8) is 0 Å². The van der Waals surface area contributed by atoms with Crippen molar-refractivity contribution in [1.29, 1.82) is 0 Å². The van der Waals surface area contributed by atoms with Crippen molar-refractivity contribution in [2.75, 3.05) is 18.5 Å².